The summed E-state index contributed by atoms with van der Waals surface area (Å²) in [6.45, 7) is 8.28. The first-order chi connectivity index (χ1) is 8.97. The molecule has 4 nitrogen and oxygen atoms in total. The van der Waals surface area contributed by atoms with Gasteiger partial charge >= 0.3 is 0 Å². The van der Waals surface area contributed by atoms with Crippen LogP contribution in [0.25, 0.3) is 0 Å². The Hall–Kier alpha value is -0.850. The number of nitrogens with two attached hydrogens (primary N) is 1. The van der Waals surface area contributed by atoms with Crippen LogP contribution in [0.5, 0.6) is 0 Å². The number of nitrogens with one attached hydrogen (secondary N) is 1. The second kappa shape index (κ2) is 9.96. The maximum Gasteiger partial charge on any atom is 0.188 e. The second-order valence-corrected chi connectivity index (χ2v) is 5.93. The molecule has 1 aromatic rings. The minimum Gasteiger partial charge on any atom is -0.370 e. The van der Waals surface area contributed by atoms with E-state index in [0.29, 0.717) is 11.4 Å². The van der Waals surface area contributed by atoms with Crippen LogP contribution in [0.3, 0.4) is 0 Å². The SMILES string of the molecule is CC(C)(C)CCCN=C(N)NCCc1ccccn1.I. The van der Waals surface area contributed by atoms with Crippen molar-refractivity contribution < 1.29 is 0 Å². The molecular weight excluding hydrogens is 363 g/mol. The average molecular weight is 390 g/mol. The average Bonchev–Trinajstić information content (AvgIpc) is 2.35. The third-order valence-corrected chi connectivity index (χ3v) is 2.78. The molecule has 0 radical (unpaired) electrons. The zero-order chi connectivity index (χ0) is 14.1. The highest BCUT2D eigenvalue weighted by Gasteiger charge is 2.08. The third kappa shape index (κ3) is 10.00. The molecule has 114 valence electrons. The smallest absolute Gasteiger partial charge is 0.188 e. The topological polar surface area (TPSA) is 63.3 Å². The van der Waals surface area contributed by atoms with Crippen LogP contribution in [0, 0.1) is 5.41 Å². The van der Waals surface area contributed by atoms with E-state index in [4.69, 9.17) is 5.73 Å². The molecule has 1 rings (SSSR count). The number of hydrogen-bond acceptors (Lipinski definition) is 2. The Morgan fingerprint density at radius 2 is 2.10 bits per heavy atom. The van der Waals surface area contributed by atoms with Gasteiger partial charge in [-0.1, -0.05) is 26.8 Å². The lowest BCUT2D eigenvalue weighted by Gasteiger charge is -2.16. The highest BCUT2D eigenvalue weighted by atomic mass is 127. The minimum absolute atomic E-state index is 0. The lowest BCUT2D eigenvalue weighted by Crippen LogP contribution is -2.33. The van der Waals surface area contributed by atoms with Crippen molar-refractivity contribution in [2.45, 2.75) is 40.0 Å². The molecule has 1 heterocycles. The van der Waals surface area contributed by atoms with Crippen LogP contribution in [0.15, 0.2) is 29.4 Å². The molecule has 0 aliphatic carbocycles. The lowest BCUT2D eigenvalue weighted by atomic mass is 9.91. The quantitative estimate of drug-likeness (QED) is 0.340. The van der Waals surface area contributed by atoms with Gasteiger partial charge in [0.05, 0.1) is 0 Å². The summed E-state index contributed by atoms with van der Waals surface area (Å²) >= 11 is 0. The zero-order valence-electron chi connectivity index (χ0n) is 12.7. The Balaban J connectivity index is 0.00000361. The van der Waals surface area contributed by atoms with Crippen molar-refractivity contribution in [2.75, 3.05) is 13.1 Å². The molecule has 3 N–H and O–H groups in total. The number of halogens is 1. The van der Waals surface area contributed by atoms with Gasteiger partial charge in [0, 0.05) is 31.4 Å². The molecule has 0 atom stereocenters. The number of aromatic nitrogens is 1. The van der Waals surface area contributed by atoms with E-state index in [1.54, 1.807) is 6.20 Å². The van der Waals surface area contributed by atoms with E-state index in [0.717, 1.165) is 38.0 Å². The van der Waals surface area contributed by atoms with Crippen molar-refractivity contribution in [2.24, 2.45) is 16.1 Å². The van der Waals surface area contributed by atoms with Gasteiger partial charge in [-0.15, -0.1) is 24.0 Å². The van der Waals surface area contributed by atoms with Gasteiger partial charge in [0.25, 0.3) is 0 Å². The molecule has 0 fully saturated rings. The Morgan fingerprint density at radius 1 is 1.35 bits per heavy atom. The summed E-state index contributed by atoms with van der Waals surface area (Å²) in [5.41, 5.74) is 7.24. The van der Waals surface area contributed by atoms with Crippen LogP contribution in [0.4, 0.5) is 0 Å². The molecule has 0 amide bonds. The Kier molecular flexibility index (Phi) is 9.54. The number of hydrogen-bond donors (Lipinski definition) is 2. The number of rotatable bonds is 6. The largest absolute Gasteiger partial charge is 0.370 e. The molecule has 1 aromatic heterocycles. The fourth-order valence-electron chi connectivity index (χ4n) is 1.73. The van der Waals surface area contributed by atoms with Crippen LogP contribution in [-0.4, -0.2) is 24.0 Å². The molecule has 0 aliphatic rings. The first-order valence-electron chi connectivity index (χ1n) is 6.91. The van der Waals surface area contributed by atoms with Crippen molar-refractivity contribution in [1.29, 1.82) is 0 Å². The third-order valence-electron chi connectivity index (χ3n) is 2.78. The summed E-state index contributed by atoms with van der Waals surface area (Å²) in [6.07, 6.45) is 4.90. The van der Waals surface area contributed by atoms with Gasteiger partial charge in [0.15, 0.2) is 5.96 Å². The fourth-order valence-corrected chi connectivity index (χ4v) is 1.73. The van der Waals surface area contributed by atoms with Crippen LogP contribution in [0.2, 0.25) is 0 Å². The summed E-state index contributed by atoms with van der Waals surface area (Å²) in [5.74, 6) is 0.532. The van der Waals surface area contributed by atoms with Crippen LogP contribution >= 0.6 is 24.0 Å². The number of guanidine groups is 1. The van der Waals surface area contributed by atoms with E-state index >= 15 is 0 Å². The standard InChI is InChI=1S/C15H26N4.HI/c1-15(2,3)9-6-11-18-14(16)19-12-8-13-7-4-5-10-17-13;/h4-5,7,10H,6,8-9,11-12H2,1-3H3,(H3,16,18,19);1H. The summed E-state index contributed by atoms with van der Waals surface area (Å²) in [7, 11) is 0. The van der Waals surface area contributed by atoms with E-state index in [9.17, 15) is 0 Å². The number of nitrogens with zero attached hydrogens (tertiary/aromatic N) is 2. The molecule has 0 aromatic carbocycles. The molecule has 0 unspecified atom stereocenters. The molecule has 5 heteroatoms. The van der Waals surface area contributed by atoms with Gasteiger partial charge in [-0.05, 0) is 30.4 Å². The van der Waals surface area contributed by atoms with Crippen LogP contribution in [-0.2, 0) is 6.42 Å². The maximum atomic E-state index is 5.81. The van der Waals surface area contributed by atoms with Crippen LogP contribution in [0.1, 0.15) is 39.3 Å². The van der Waals surface area contributed by atoms with Gasteiger partial charge in [-0.3, -0.25) is 9.98 Å². The summed E-state index contributed by atoms with van der Waals surface area (Å²) in [6, 6.07) is 5.92. The Labute approximate surface area is 139 Å². The van der Waals surface area contributed by atoms with E-state index < -0.39 is 0 Å². The minimum atomic E-state index is 0. The Bertz CT molecular complexity index is 385. The molecule has 0 bridgehead atoms. The van der Waals surface area contributed by atoms with Gasteiger partial charge in [-0.25, -0.2) is 0 Å². The Morgan fingerprint density at radius 3 is 2.70 bits per heavy atom. The van der Waals surface area contributed by atoms with Crippen molar-refractivity contribution >= 4 is 29.9 Å². The van der Waals surface area contributed by atoms with Crippen molar-refractivity contribution in [1.82, 2.24) is 10.3 Å². The van der Waals surface area contributed by atoms with Gasteiger partial charge in [0.2, 0.25) is 0 Å². The summed E-state index contributed by atoms with van der Waals surface area (Å²) in [5, 5.41) is 3.12. The maximum absolute atomic E-state index is 5.81. The molecule has 0 spiro atoms. The predicted molar refractivity (Wildman–Crippen MR) is 96.5 cm³/mol. The molecule has 0 saturated carbocycles. The zero-order valence-corrected chi connectivity index (χ0v) is 15.1. The fraction of sp³-hybridized carbons (Fsp3) is 0.600. The van der Waals surface area contributed by atoms with Crippen molar-refractivity contribution in [3.63, 3.8) is 0 Å². The molecule has 0 saturated heterocycles. The summed E-state index contributed by atoms with van der Waals surface area (Å²) in [4.78, 5) is 8.58. The molecule has 0 aliphatic heterocycles. The lowest BCUT2D eigenvalue weighted by molar-refractivity contribution is 0.368. The van der Waals surface area contributed by atoms with E-state index in [1.165, 1.54) is 0 Å². The van der Waals surface area contributed by atoms with Crippen molar-refractivity contribution in [3.05, 3.63) is 30.1 Å². The summed E-state index contributed by atoms with van der Waals surface area (Å²) < 4.78 is 0. The van der Waals surface area contributed by atoms with Crippen LogP contribution < -0.4 is 11.1 Å². The van der Waals surface area contributed by atoms with E-state index in [1.807, 2.05) is 18.2 Å². The monoisotopic (exact) mass is 390 g/mol. The van der Waals surface area contributed by atoms with E-state index in [-0.39, 0.29) is 24.0 Å². The molecule has 20 heavy (non-hydrogen) atoms. The number of pyridine rings is 1. The highest BCUT2D eigenvalue weighted by Crippen LogP contribution is 2.20. The van der Waals surface area contributed by atoms with Gasteiger partial charge < -0.3 is 11.1 Å². The van der Waals surface area contributed by atoms with Gasteiger partial charge in [0.1, 0.15) is 0 Å². The predicted octanol–water partition coefficient (Wildman–Crippen LogP) is 2.97. The second-order valence-electron chi connectivity index (χ2n) is 5.93. The van der Waals surface area contributed by atoms with E-state index in [2.05, 4.69) is 36.1 Å². The van der Waals surface area contributed by atoms with Crippen molar-refractivity contribution in [3.8, 4) is 0 Å². The first kappa shape index (κ1) is 19.1. The highest BCUT2D eigenvalue weighted by molar-refractivity contribution is 14.0. The van der Waals surface area contributed by atoms with Gasteiger partial charge in [-0.2, -0.15) is 0 Å². The number of aliphatic imine (C=N–C) groups is 1. The normalized spacial score (nSPS) is 11.8. The first-order valence-corrected chi connectivity index (χ1v) is 6.91. The molecular formula is C15H27IN4.